The van der Waals surface area contributed by atoms with Crippen molar-refractivity contribution < 1.29 is 9.59 Å². The number of hydrogen-bond donors (Lipinski definition) is 2. The second-order valence-corrected chi connectivity index (χ2v) is 7.48. The first-order chi connectivity index (χ1) is 13.7. The van der Waals surface area contributed by atoms with Gasteiger partial charge in [0.15, 0.2) is 0 Å². The van der Waals surface area contributed by atoms with E-state index in [-0.39, 0.29) is 11.8 Å². The van der Waals surface area contributed by atoms with Gasteiger partial charge in [-0.15, -0.1) is 0 Å². The van der Waals surface area contributed by atoms with E-state index < -0.39 is 0 Å². The van der Waals surface area contributed by atoms with Crippen LogP contribution in [0.1, 0.15) is 112 Å². The third-order valence-corrected chi connectivity index (χ3v) is 4.89. The van der Waals surface area contributed by atoms with Crippen LogP contribution in [0.15, 0.2) is 18.3 Å². The Labute approximate surface area is 171 Å². The van der Waals surface area contributed by atoms with Gasteiger partial charge < -0.3 is 10.6 Å². The first-order valence-corrected chi connectivity index (χ1v) is 11.2. The lowest BCUT2D eigenvalue weighted by atomic mass is 10.1. The highest BCUT2D eigenvalue weighted by Gasteiger charge is 2.09. The average molecular weight is 390 g/mol. The molecule has 2 N–H and O–H groups in total. The van der Waals surface area contributed by atoms with E-state index in [2.05, 4.69) is 29.5 Å². The van der Waals surface area contributed by atoms with Gasteiger partial charge in [0.25, 0.3) is 11.8 Å². The summed E-state index contributed by atoms with van der Waals surface area (Å²) in [6, 6.07) is 3.29. The predicted octanol–water partition coefficient (Wildman–Crippen LogP) is 5.26. The van der Waals surface area contributed by atoms with Crippen LogP contribution in [0, 0.1) is 0 Å². The molecule has 0 aliphatic carbocycles. The van der Waals surface area contributed by atoms with Crippen molar-refractivity contribution >= 4 is 11.8 Å². The summed E-state index contributed by atoms with van der Waals surface area (Å²) < 4.78 is 0. The number of nitrogens with one attached hydrogen (secondary N) is 2. The molecule has 0 aromatic carbocycles. The molecule has 1 aromatic heterocycles. The maximum absolute atomic E-state index is 12.1. The molecule has 1 aromatic rings. The van der Waals surface area contributed by atoms with Crippen molar-refractivity contribution in [3.05, 3.63) is 29.6 Å². The zero-order valence-electron chi connectivity index (χ0n) is 17.9. The molecule has 5 heteroatoms. The van der Waals surface area contributed by atoms with E-state index in [0.717, 1.165) is 25.7 Å². The lowest BCUT2D eigenvalue weighted by Crippen LogP contribution is -2.27. The normalized spacial score (nSPS) is 10.6. The van der Waals surface area contributed by atoms with Crippen molar-refractivity contribution in [2.24, 2.45) is 0 Å². The van der Waals surface area contributed by atoms with Gasteiger partial charge in [-0.05, 0) is 25.0 Å². The molecule has 0 unspecified atom stereocenters. The standard InChI is InChI=1S/C23H39N3O2/c1-3-5-7-9-11-13-17-24-22(27)20-15-16-21(26-19-20)23(28)25-18-14-12-10-8-6-4-2/h15-16,19H,3-14,17-18H2,1-2H3,(H,24,27)(H,25,28). The molecule has 0 saturated carbocycles. The number of nitrogens with zero attached hydrogens (tertiary/aromatic N) is 1. The number of carbonyl (C=O) groups excluding carboxylic acids is 2. The number of aromatic nitrogens is 1. The van der Waals surface area contributed by atoms with E-state index in [0.29, 0.717) is 24.3 Å². The fraction of sp³-hybridized carbons (Fsp3) is 0.696. The maximum atomic E-state index is 12.1. The van der Waals surface area contributed by atoms with Gasteiger partial charge in [-0.2, -0.15) is 0 Å². The smallest absolute Gasteiger partial charge is 0.269 e. The molecule has 1 rings (SSSR count). The number of pyridine rings is 1. The molecule has 0 atom stereocenters. The summed E-state index contributed by atoms with van der Waals surface area (Å²) in [6.45, 7) is 5.77. The Hall–Kier alpha value is -1.91. The highest BCUT2D eigenvalue weighted by atomic mass is 16.2. The molecule has 0 aliphatic heterocycles. The van der Waals surface area contributed by atoms with Gasteiger partial charge in [-0.3, -0.25) is 14.6 Å². The second-order valence-electron chi connectivity index (χ2n) is 7.48. The van der Waals surface area contributed by atoms with Gasteiger partial charge in [0.2, 0.25) is 0 Å². The molecule has 1 heterocycles. The molecule has 0 saturated heterocycles. The van der Waals surface area contributed by atoms with E-state index in [4.69, 9.17) is 0 Å². The van der Waals surface area contributed by atoms with Crippen molar-refractivity contribution in [2.75, 3.05) is 13.1 Å². The van der Waals surface area contributed by atoms with Gasteiger partial charge in [0.05, 0.1) is 5.56 Å². The van der Waals surface area contributed by atoms with Gasteiger partial charge >= 0.3 is 0 Å². The molecule has 28 heavy (non-hydrogen) atoms. The number of amides is 2. The van der Waals surface area contributed by atoms with Crippen molar-refractivity contribution in [2.45, 2.75) is 90.9 Å². The Morgan fingerprint density at radius 1 is 0.714 bits per heavy atom. The Balaban J connectivity index is 2.20. The maximum Gasteiger partial charge on any atom is 0.269 e. The number of unbranched alkanes of at least 4 members (excludes halogenated alkanes) is 10. The molecule has 0 radical (unpaired) electrons. The van der Waals surface area contributed by atoms with Crippen LogP contribution in [-0.2, 0) is 0 Å². The quantitative estimate of drug-likeness (QED) is 0.379. The van der Waals surface area contributed by atoms with Gasteiger partial charge in [-0.25, -0.2) is 0 Å². The number of carbonyl (C=O) groups is 2. The minimum absolute atomic E-state index is 0.125. The highest BCUT2D eigenvalue weighted by molar-refractivity contribution is 5.96. The van der Waals surface area contributed by atoms with Crippen molar-refractivity contribution in [1.82, 2.24) is 15.6 Å². The van der Waals surface area contributed by atoms with Crippen LogP contribution in [0.4, 0.5) is 0 Å². The summed E-state index contributed by atoms with van der Waals surface area (Å²) in [5.74, 6) is -0.298. The van der Waals surface area contributed by atoms with Gasteiger partial charge in [0.1, 0.15) is 5.69 Å². The summed E-state index contributed by atoms with van der Waals surface area (Å²) in [5.41, 5.74) is 0.858. The van der Waals surface area contributed by atoms with Crippen LogP contribution in [0.2, 0.25) is 0 Å². The Bertz CT molecular complexity index is 494. The van der Waals surface area contributed by atoms with E-state index in [1.165, 1.54) is 57.6 Å². The van der Waals surface area contributed by atoms with Crippen molar-refractivity contribution in [3.8, 4) is 0 Å². The van der Waals surface area contributed by atoms with Crippen LogP contribution in [0.25, 0.3) is 0 Å². The first kappa shape index (κ1) is 24.1. The zero-order chi connectivity index (χ0) is 20.5. The molecule has 158 valence electrons. The lowest BCUT2D eigenvalue weighted by molar-refractivity contribution is 0.0937. The van der Waals surface area contributed by atoms with E-state index in [1.807, 2.05) is 0 Å². The average Bonchev–Trinajstić information content (AvgIpc) is 2.72. The molecule has 0 spiro atoms. The summed E-state index contributed by atoms with van der Waals surface area (Å²) in [5, 5.41) is 5.82. The van der Waals surface area contributed by atoms with Crippen LogP contribution in [0.3, 0.4) is 0 Å². The third kappa shape index (κ3) is 11.1. The largest absolute Gasteiger partial charge is 0.352 e. The van der Waals surface area contributed by atoms with Crippen LogP contribution in [0.5, 0.6) is 0 Å². The Morgan fingerprint density at radius 3 is 1.71 bits per heavy atom. The molecular weight excluding hydrogens is 350 g/mol. The molecule has 0 fully saturated rings. The first-order valence-electron chi connectivity index (χ1n) is 11.2. The topological polar surface area (TPSA) is 71.1 Å². The van der Waals surface area contributed by atoms with Gasteiger partial charge in [0, 0.05) is 19.3 Å². The van der Waals surface area contributed by atoms with Crippen LogP contribution < -0.4 is 10.6 Å². The fourth-order valence-electron chi connectivity index (χ4n) is 3.07. The Morgan fingerprint density at radius 2 is 1.21 bits per heavy atom. The Kier molecular flexibility index (Phi) is 13.9. The highest BCUT2D eigenvalue weighted by Crippen LogP contribution is 2.06. The second kappa shape index (κ2) is 16.1. The molecule has 0 bridgehead atoms. The summed E-state index contributed by atoms with van der Waals surface area (Å²) in [6.07, 6.45) is 15.8. The fourth-order valence-corrected chi connectivity index (χ4v) is 3.07. The summed E-state index contributed by atoms with van der Waals surface area (Å²) in [4.78, 5) is 28.4. The molecule has 0 aliphatic rings. The number of hydrogen-bond acceptors (Lipinski definition) is 3. The summed E-state index contributed by atoms with van der Waals surface area (Å²) >= 11 is 0. The van der Waals surface area contributed by atoms with Crippen LogP contribution in [-0.4, -0.2) is 29.9 Å². The molecule has 5 nitrogen and oxygen atoms in total. The summed E-state index contributed by atoms with van der Waals surface area (Å²) in [7, 11) is 0. The third-order valence-electron chi connectivity index (χ3n) is 4.89. The predicted molar refractivity (Wildman–Crippen MR) is 116 cm³/mol. The van der Waals surface area contributed by atoms with Crippen molar-refractivity contribution in [1.29, 1.82) is 0 Å². The molecule has 2 amide bonds. The SMILES string of the molecule is CCCCCCCCNC(=O)c1ccc(C(=O)NCCCCCCCC)nc1. The van der Waals surface area contributed by atoms with Gasteiger partial charge in [-0.1, -0.05) is 78.1 Å². The van der Waals surface area contributed by atoms with Crippen molar-refractivity contribution in [3.63, 3.8) is 0 Å². The minimum atomic E-state index is -0.174. The monoisotopic (exact) mass is 389 g/mol. The molecular formula is C23H39N3O2. The van der Waals surface area contributed by atoms with E-state index >= 15 is 0 Å². The number of rotatable bonds is 16. The van der Waals surface area contributed by atoms with E-state index in [1.54, 1.807) is 12.1 Å². The zero-order valence-corrected chi connectivity index (χ0v) is 17.9. The minimum Gasteiger partial charge on any atom is -0.352 e. The van der Waals surface area contributed by atoms with Crippen LogP contribution >= 0.6 is 0 Å². The van der Waals surface area contributed by atoms with E-state index in [9.17, 15) is 9.59 Å². The lowest BCUT2D eigenvalue weighted by Gasteiger charge is -2.07.